The second-order valence-electron chi connectivity index (χ2n) is 10.3. The summed E-state index contributed by atoms with van der Waals surface area (Å²) >= 11 is 0. The summed E-state index contributed by atoms with van der Waals surface area (Å²) < 4.78 is 1.02. The minimum Gasteiger partial charge on any atom is -0.318 e. The van der Waals surface area contributed by atoms with Crippen LogP contribution in [0, 0.1) is 0 Å². The van der Waals surface area contributed by atoms with Crippen LogP contribution in [0.15, 0.2) is 60.7 Å². The van der Waals surface area contributed by atoms with E-state index in [2.05, 4.69) is 81.7 Å². The Labute approximate surface area is 199 Å². The molecule has 0 aliphatic carbocycles. The molecular formula is C31H50N+. The molecule has 2 aromatic carbocycles. The highest BCUT2D eigenvalue weighted by Crippen LogP contribution is 2.32. The van der Waals surface area contributed by atoms with E-state index >= 15 is 0 Å². The molecule has 0 saturated carbocycles. The maximum Gasteiger partial charge on any atom is 0.140 e. The summed E-state index contributed by atoms with van der Waals surface area (Å²) in [6.45, 7) is 3.53. The monoisotopic (exact) mass is 436 g/mol. The lowest BCUT2D eigenvalue weighted by molar-refractivity contribution is -0.915. The average Bonchev–Trinajstić information content (AvgIpc) is 2.80. The second-order valence-corrected chi connectivity index (χ2v) is 10.3. The Morgan fingerprint density at radius 3 is 1.22 bits per heavy atom. The summed E-state index contributed by atoms with van der Waals surface area (Å²) in [7, 11) is 4.82. The first kappa shape index (κ1) is 26.7. The van der Waals surface area contributed by atoms with E-state index in [0.717, 1.165) is 4.48 Å². The summed E-state index contributed by atoms with van der Waals surface area (Å²) in [5, 5.41) is 0. The van der Waals surface area contributed by atoms with E-state index < -0.39 is 0 Å². The third kappa shape index (κ3) is 10.3. The number of hydrogen-bond donors (Lipinski definition) is 0. The molecular weight excluding hydrogens is 386 g/mol. The van der Waals surface area contributed by atoms with Gasteiger partial charge in [-0.1, -0.05) is 145 Å². The quantitative estimate of drug-likeness (QED) is 0.161. The number of nitrogens with zero attached hydrogens (tertiary/aromatic N) is 1. The summed E-state index contributed by atoms with van der Waals surface area (Å²) in [4.78, 5) is 0. The standard InChI is InChI=1S/C31H50N/c1-4-5-6-7-8-9-10-11-12-13-14-15-16-23-28-32(2,3)31(29-24-19-17-20-25-29)30-26-21-18-22-27-30/h17-22,24-27,31H,4-16,23,28H2,1-3H3/q+1. The van der Waals surface area contributed by atoms with Gasteiger partial charge in [0.15, 0.2) is 0 Å². The highest BCUT2D eigenvalue weighted by molar-refractivity contribution is 5.29. The topological polar surface area (TPSA) is 0 Å². The summed E-state index contributed by atoms with van der Waals surface area (Å²) in [6, 6.07) is 22.5. The van der Waals surface area contributed by atoms with Crippen LogP contribution >= 0.6 is 0 Å². The van der Waals surface area contributed by atoms with Gasteiger partial charge in [-0.05, 0) is 12.8 Å². The number of quaternary nitrogens is 1. The first-order valence-corrected chi connectivity index (χ1v) is 13.6. The van der Waals surface area contributed by atoms with Gasteiger partial charge in [-0.15, -0.1) is 0 Å². The number of unbranched alkanes of at least 4 members (excludes halogenated alkanes) is 13. The Morgan fingerprint density at radius 1 is 0.500 bits per heavy atom. The lowest BCUT2D eigenvalue weighted by Crippen LogP contribution is -2.44. The van der Waals surface area contributed by atoms with Crippen molar-refractivity contribution < 1.29 is 4.48 Å². The molecule has 0 radical (unpaired) electrons. The SMILES string of the molecule is CCCCCCCCCCCCCCCC[N+](C)(C)C(c1ccccc1)c1ccccc1. The van der Waals surface area contributed by atoms with Crippen LogP contribution in [0.3, 0.4) is 0 Å². The Kier molecular flexibility index (Phi) is 13.4. The van der Waals surface area contributed by atoms with Crippen LogP contribution in [0.4, 0.5) is 0 Å². The molecule has 0 aliphatic heterocycles. The zero-order valence-electron chi connectivity index (χ0n) is 21.4. The van der Waals surface area contributed by atoms with Gasteiger partial charge in [0.2, 0.25) is 0 Å². The Hall–Kier alpha value is -1.60. The molecule has 0 fully saturated rings. The van der Waals surface area contributed by atoms with Crippen LogP contribution in [0.25, 0.3) is 0 Å². The highest BCUT2D eigenvalue weighted by atomic mass is 15.3. The van der Waals surface area contributed by atoms with Gasteiger partial charge in [-0.3, -0.25) is 0 Å². The third-order valence-corrected chi connectivity index (χ3v) is 7.02. The van der Waals surface area contributed by atoms with Gasteiger partial charge in [0.25, 0.3) is 0 Å². The fourth-order valence-corrected chi connectivity index (χ4v) is 5.11. The van der Waals surface area contributed by atoms with E-state index in [1.807, 2.05) is 0 Å². The zero-order valence-corrected chi connectivity index (χ0v) is 21.4. The Bertz CT molecular complexity index is 637. The Balaban J connectivity index is 1.63. The van der Waals surface area contributed by atoms with Crippen molar-refractivity contribution in [1.82, 2.24) is 0 Å². The molecule has 0 aliphatic rings. The molecule has 0 bridgehead atoms. The number of rotatable bonds is 18. The van der Waals surface area contributed by atoms with Crippen molar-refractivity contribution in [2.24, 2.45) is 0 Å². The van der Waals surface area contributed by atoms with Gasteiger partial charge in [0.05, 0.1) is 20.6 Å². The summed E-state index contributed by atoms with van der Waals surface area (Å²) in [5.74, 6) is 0. The molecule has 1 heteroatoms. The molecule has 0 heterocycles. The maximum atomic E-state index is 2.41. The lowest BCUT2D eigenvalue weighted by Gasteiger charge is -2.39. The molecule has 1 nitrogen and oxygen atoms in total. The zero-order chi connectivity index (χ0) is 22.9. The van der Waals surface area contributed by atoms with Crippen LogP contribution in [0.1, 0.15) is 114 Å². The molecule has 0 spiro atoms. The van der Waals surface area contributed by atoms with E-state index in [4.69, 9.17) is 0 Å². The van der Waals surface area contributed by atoms with Gasteiger partial charge in [0.1, 0.15) is 6.04 Å². The van der Waals surface area contributed by atoms with Crippen LogP contribution in [-0.4, -0.2) is 25.1 Å². The second kappa shape index (κ2) is 16.1. The lowest BCUT2D eigenvalue weighted by atomic mass is 9.95. The molecule has 0 unspecified atom stereocenters. The predicted octanol–water partition coefficient (Wildman–Crippen LogP) is 9.33. The van der Waals surface area contributed by atoms with Crippen molar-refractivity contribution in [1.29, 1.82) is 0 Å². The van der Waals surface area contributed by atoms with Crippen molar-refractivity contribution >= 4 is 0 Å². The summed E-state index contributed by atoms with van der Waals surface area (Å²) in [5.41, 5.74) is 2.85. The van der Waals surface area contributed by atoms with Crippen LogP contribution < -0.4 is 0 Å². The molecule has 178 valence electrons. The van der Waals surface area contributed by atoms with E-state index in [1.54, 1.807) is 0 Å². The predicted molar refractivity (Wildman–Crippen MR) is 142 cm³/mol. The molecule has 0 saturated heterocycles. The molecule has 2 rings (SSSR count). The number of benzene rings is 2. The minimum absolute atomic E-state index is 0.402. The van der Waals surface area contributed by atoms with Crippen LogP contribution in [0.5, 0.6) is 0 Å². The third-order valence-electron chi connectivity index (χ3n) is 7.02. The molecule has 0 aromatic heterocycles. The molecule has 0 amide bonds. The molecule has 0 atom stereocenters. The number of hydrogen-bond acceptors (Lipinski definition) is 0. The van der Waals surface area contributed by atoms with E-state index in [9.17, 15) is 0 Å². The fraction of sp³-hybridized carbons (Fsp3) is 0.613. The highest BCUT2D eigenvalue weighted by Gasteiger charge is 2.30. The Morgan fingerprint density at radius 2 is 0.844 bits per heavy atom. The van der Waals surface area contributed by atoms with Crippen molar-refractivity contribution in [3.8, 4) is 0 Å². The summed E-state index contributed by atoms with van der Waals surface area (Å²) in [6.07, 6.45) is 19.9. The van der Waals surface area contributed by atoms with Gasteiger partial charge in [0, 0.05) is 11.1 Å². The van der Waals surface area contributed by atoms with Gasteiger partial charge in [-0.2, -0.15) is 0 Å². The van der Waals surface area contributed by atoms with Gasteiger partial charge in [-0.25, -0.2) is 0 Å². The van der Waals surface area contributed by atoms with E-state index in [-0.39, 0.29) is 0 Å². The van der Waals surface area contributed by atoms with Gasteiger partial charge >= 0.3 is 0 Å². The molecule has 32 heavy (non-hydrogen) atoms. The smallest absolute Gasteiger partial charge is 0.140 e. The average molecular weight is 437 g/mol. The van der Waals surface area contributed by atoms with Crippen molar-refractivity contribution in [3.63, 3.8) is 0 Å². The first-order chi connectivity index (χ1) is 15.6. The normalized spacial score (nSPS) is 11.9. The van der Waals surface area contributed by atoms with Crippen LogP contribution in [-0.2, 0) is 0 Å². The van der Waals surface area contributed by atoms with Crippen molar-refractivity contribution in [2.75, 3.05) is 20.6 Å². The fourth-order valence-electron chi connectivity index (χ4n) is 5.11. The minimum atomic E-state index is 0.402. The van der Waals surface area contributed by atoms with E-state index in [1.165, 1.54) is 108 Å². The maximum absolute atomic E-state index is 2.41. The van der Waals surface area contributed by atoms with Crippen molar-refractivity contribution in [3.05, 3.63) is 71.8 Å². The molecule has 0 N–H and O–H groups in total. The first-order valence-electron chi connectivity index (χ1n) is 13.6. The van der Waals surface area contributed by atoms with Crippen LogP contribution in [0.2, 0.25) is 0 Å². The van der Waals surface area contributed by atoms with Gasteiger partial charge < -0.3 is 4.48 Å². The largest absolute Gasteiger partial charge is 0.318 e. The van der Waals surface area contributed by atoms with Crippen molar-refractivity contribution in [2.45, 2.75) is 103 Å². The van der Waals surface area contributed by atoms with E-state index in [0.29, 0.717) is 6.04 Å². The molecule has 2 aromatic rings.